The number of hydrogen-bond acceptors (Lipinski definition) is 1. The zero-order chi connectivity index (χ0) is 13.2. The van der Waals surface area contributed by atoms with Gasteiger partial charge in [0.15, 0.2) is 0 Å². The van der Waals surface area contributed by atoms with Crippen LogP contribution in [0.2, 0.25) is 0 Å². The normalized spacial score (nSPS) is 20.6. The Kier molecular flexibility index (Phi) is 4.16. The highest BCUT2D eigenvalue weighted by atomic mass is 15.0. The van der Waals surface area contributed by atoms with Gasteiger partial charge < -0.3 is 9.88 Å². The second-order valence-corrected chi connectivity index (χ2v) is 6.87. The van der Waals surface area contributed by atoms with Crippen molar-refractivity contribution in [3.63, 3.8) is 0 Å². The van der Waals surface area contributed by atoms with E-state index in [1.54, 1.807) is 11.1 Å². The molecule has 1 N–H and O–H groups in total. The number of aromatic nitrogens is 1. The Balaban J connectivity index is 2.11. The zero-order valence-electron chi connectivity index (χ0n) is 12.4. The standard InChI is InChI=1S/C16H28N2/c1-16(2,3)9-10-18-11-13-7-5-6-8-15(17-4)14(13)12-18/h11-12,15,17H,5-10H2,1-4H3. The topological polar surface area (TPSA) is 17.0 Å². The smallest absolute Gasteiger partial charge is 0.0335 e. The maximum Gasteiger partial charge on any atom is 0.0335 e. The van der Waals surface area contributed by atoms with Gasteiger partial charge >= 0.3 is 0 Å². The van der Waals surface area contributed by atoms with Gasteiger partial charge in [0.1, 0.15) is 0 Å². The maximum atomic E-state index is 3.47. The first-order valence-electron chi connectivity index (χ1n) is 7.35. The van der Waals surface area contributed by atoms with Gasteiger partial charge in [0, 0.05) is 25.0 Å². The van der Waals surface area contributed by atoms with E-state index in [9.17, 15) is 0 Å². The van der Waals surface area contributed by atoms with E-state index in [0.717, 1.165) is 6.54 Å². The molecule has 2 rings (SSSR count). The monoisotopic (exact) mass is 248 g/mol. The molecule has 0 spiro atoms. The molecule has 102 valence electrons. The molecule has 0 fully saturated rings. The van der Waals surface area contributed by atoms with Crippen molar-refractivity contribution >= 4 is 0 Å². The summed E-state index contributed by atoms with van der Waals surface area (Å²) in [4.78, 5) is 0. The number of fused-ring (bicyclic) bond motifs is 1. The lowest BCUT2D eigenvalue weighted by Crippen LogP contribution is -2.15. The summed E-state index contributed by atoms with van der Waals surface area (Å²) in [6.07, 6.45) is 11.2. The number of aryl methyl sites for hydroxylation is 2. The van der Waals surface area contributed by atoms with E-state index in [1.807, 2.05) is 0 Å². The van der Waals surface area contributed by atoms with E-state index < -0.39 is 0 Å². The van der Waals surface area contributed by atoms with Gasteiger partial charge in [0.25, 0.3) is 0 Å². The minimum Gasteiger partial charge on any atom is -0.354 e. The third kappa shape index (κ3) is 3.38. The molecule has 1 aliphatic carbocycles. The van der Waals surface area contributed by atoms with Crippen LogP contribution in [0.1, 0.15) is 63.6 Å². The summed E-state index contributed by atoms with van der Waals surface area (Å²) in [6.45, 7) is 8.10. The number of rotatable bonds is 3. The quantitative estimate of drug-likeness (QED) is 0.802. The van der Waals surface area contributed by atoms with Crippen LogP contribution in [0.4, 0.5) is 0 Å². The van der Waals surface area contributed by atoms with Crippen molar-refractivity contribution in [1.29, 1.82) is 0 Å². The van der Waals surface area contributed by atoms with Crippen molar-refractivity contribution in [2.45, 2.75) is 65.5 Å². The van der Waals surface area contributed by atoms with Crippen LogP contribution in [0.3, 0.4) is 0 Å². The summed E-state index contributed by atoms with van der Waals surface area (Å²) in [6, 6.07) is 0.568. The van der Waals surface area contributed by atoms with Crippen LogP contribution in [0.5, 0.6) is 0 Å². The Morgan fingerprint density at radius 1 is 1.28 bits per heavy atom. The third-order valence-corrected chi connectivity index (χ3v) is 4.03. The summed E-state index contributed by atoms with van der Waals surface area (Å²) in [5.74, 6) is 0. The van der Waals surface area contributed by atoms with Crippen molar-refractivity contribution < 1.29 is 0 Å². The van der Waals surface area contributed by atoms with Gasteiger partial charge in [-0.15, -0.1) is 0 Å². The molecule has 0 saturated heterocycles. The minimum atomic E-state index is 0.421. The van der Waals surface area contributed by atoms with Crippen molar-refractivity contribution in [3.05, 3.63) is 23.5 Å². The summed E-state index contributed by atoms with van der Waals surface area (Å²) in [5, 5.41) is 3.47. The average molecular weight is 248 g/mol. The van der Waals surface area contributed by atoms with Gasteiger partial charge in [-0.25, -0.2) is 0 Å². The van der Waals surface area contributed by atoms with Crippen LogP contribution in [0, 0.1) is 5.41 Å². The molecule has 0 aromatic carbocycles. The third-order valence-electron chi connectivity index (χ3n) is 4.03. The van der Waals surface area contributed by atoms with Gasteiger partial charge in [0.2, 0.25) is 0 Å². The first kappa shape index (κ1) is 13.7. The Bertz CT molecular complexity index is 384. The molecule has 2 heteroatoms. The minimum absolute atomic E-state index is 0.421. The van der Waals surface area contributed by atoms with E-state index in [1.165, 1.54) is 32.1 Å². The zero-order valence-corrected chi connectivity index (χ0v) is 12.4. The fourth-order valence-corrected chi connectivity index (χ4v) is 2.81. The highest BCUT2D eigenvalue weighted by Gasteiger charge is 2.19. The maximum absolute atomic E-state index is 3.47. The molecular weight excluding hydrogens is 220 g/mol. The average Bonchev–Trinajstić information content (AvgIpc) is 2.60. The molecule has 1 aliphatic rings. The van der Waals surface area contributed by atoms with Gasteiger partial charge in [-0.2, -0.15) is 0 Å². The SMILES string of the molecule is CNC1CCCCc2cn(CCC(C)(C)C)cc21. The molecule has 0 saturated carbocycles. The lowest BCUT2D eigenvalue weighted by atomic mass is 9.92. The Labute approximate surface area is 112 Å². The first-order chi connectivity index (χ1) is 8.49. The van der Waals surface area contributed by atoms with Crippen molar-refractivity contribution in [2.75, 3.05) is 7.05 Å². The molecule has 1 atom stereocenters. The number of hydrogen-bond donors (Lipinski definition) is 1. The van der Waals surface area contributed by atoms with Gasteiger partial charge in [-0.05, 0) is 49.3 Å². The fourth-order valence-electron chi connectivity index (χ4n) is 2.81. The van der Waals surface area contributed by atoms with Gasteiger partial charge in [-0.1, -0.05) is 27.2 Å². The van der Waals surface area contributed by atoms with Crippen molar-refractivity contribution in [1.82, 2.24) is 9.88 Å². The molecule has 0 amide bonds. The van der Waals surface area contributed by atoms with Crippen molar-refractivity contribution in [2.24, 2.45) is 5.41 Å². The van der Waals surface area contributed by atoms with E-state index in [-0.39, 0.29) is 0 Å². The Morgan fingerprint density at radius 2 is 2.06 bits per heavy atom. The highest BCUT2D eigenvalue weighted by molar-refractivity contribution is 5.29. The number of nitrogens with one attached hydrogen (secondary N) is 1. The van der Waals surface area contributed by atoms with Crippen LogP contribution in [-0.2, 0) is 13.0 Å². The molecule has 1 unspecified atom stereocenters. The molecule has 1 heterocycles. The lowest BCUT2D eigenvalue weighted by Gasteiger charge is -2.18. The molecule has 1 aromatic heterocycles. The van der Waals surface area contributed by atoms with Crippen LogP contribution < -0.4 is 5.32 Å². The summed E-state index contributed by atoms with van der Waals surface area (Å²) in [5.41, 5.74) is 3.54. The van der Waals surface area contributed by atoms with E-state index in [0.29, 0.717) is 11.5 Å². The van der Waals surface area contributed by atoms with Gasteiger partial charge in [0.05, 0.1) is 0 Å². The summed E-state index contributed by atoms with van der Waals surface area (Å²) in [7, 11) is 2.09. The van der Waals surface area contributed by atoms with Crippen LogP contribution >= 0.6 is 0 Å². The summed E-state index contributed by atoms with van der Waals surface area (Å²) < 4.78 is 2.41. The Hall–Kier alpha value is -0.760. The van der Waals surface area contributed by atoms with Crippen LogP contribution in [-0.4, -0.2) is 11.6 Å². The predicted molar refractivity (Wildman–Crippen MR) is 77.9 cm³/mol. The Morgan fingerprint density at radius 3 is 2.72 bits per heavy atom. The second kappa shape index (κ2) is 5.48. The fraction of sp³-hybridized carbons (Fsp3) is 0.750. The van der Waals surface area contributed by atoms with Crippen molar-refractivity contribution in [3.8, 4) is 0 Å². The second-order valence-electron chi connectivity index (χ2n) is 6.87. The molecule has 0 radical (unpaired) electrons. The van der Waals surface area contributed by atoms with E-state index in [4.69, 9.17) is 0 Å². The predicted octanol–water partition coefficient (Wildman–Crippen LogP) is 3.91. The van der Waals surface area contributed by atoms with E-state index in [2.05, 4.69) is 50.1 Å². The molecule has 1 aromatic rings. The van der Waals surface area contributed by atoms with Crippen LogP contribution in [0.25, 0.3) is 0 Å². The van der Waals surface area contributed by atoms with Gasteiger partial charge in [-0.3, -0.25) is 0 Å². The molecule has 18 heavy (non-hydrogen) atoms. The molecular formula is C16H28N2. The summed E-state index contributed by atoms with van der Waals surface area (Å²) >= 11 is 0. The molecule has 2 nitrogen and oxygen atoms in total. The molecule has 0 bridgehead atoms. The largest absolute Gasteiger partial charge is 0.354 e. The van der Waals surface area contributed by atoms with Crippen LogP contribution in [0.15, 0.2) is 12.4 Å². The highest BCUT2D eigenvalue weighted by Crippen LogP contribution is 2.30. The van der Waals surface area contributed by atoms with E-state index >= 15 is 0 Å². The lowest BCUT2D eigenvalue weighted by molar-refractivity contribution is 0.350. The first-order valence-corrected chi connectivity index (χ1v) is 7.35. The molecule has 0 aliphatic heterocycles. The number of nitrogens with zero attached hydrogens (tertiary/aromatic N) is 1.